The van der Waals surface area contributed by atoms with Crippen LogP contribution in [-0.4, -0.2) is 38.2 Å². The van der Waals surface area contributed by atoms with Gasteiger partial charge in [-0.05, 0) is 49.2 Å². The molecular weight excluding hydrogens is 400 g/mol. The van der Waals surface area contributed by atoms with Crippen molar-refractivity contribution in [2.24, 2.45) is 12.2 Å². The number of rotatable bonds is 6. The van der Waals surface area contributed by atoms with Crippen LogP contribution < -0.4 is 25.2 Å². The Labute approximate surface area is 180 Å². The Kier molecular flexibility index (Phi) is 6.38. The summed E-state index contributed by atoms with van der Waals surface area (Å²) in [6, 6.07) is 13.1. The minimum Gasteiger partial charge on any atom is -0.497 e. The van der Waals surface area contributed by atoms with E-state index >= 15 is 0 Å². The van der Waals surface area contributed by atoms with Gasteiger partial charge in [-0.3, -0.25) is 14.7 Å². The Hall–Kier alpha value is -2.97. The largest absolute Gasteiger partial charge is 0.497 e. The van der Waals surface area contributed by atoms with Gasteiger partial charge < -0.3 is 19.1 Å². The molecule has 1 amide bonds. The zero-order valence-electron chi connectivity index (χ0n) is 17.8. The summed E-state index contributed by atoms with van der Waals surface area (Å²) < 4.78 is 7.04. The molecule has 7 nitrogen and oxygen atoms in total. The second-order valence-electron chi connectivity index (χ2n) is 7.19. The first-order chi connectivity index (χ1) is 14.3. The van der Waals surface area contributed by atoms with E-state index in [-0.39, 0.29) is 18.0 Å². The number of hydrogen-bond donors (Lipinski definition) is 1. The number of amides is 1. The Morgan fingerprint density at radius 1 is 1.17 bits per heavy atom. The van der Waals surface area contributed by atoms with E-state index in [9.17, 15) is 9.59 Å². The summed E-state index contributed by atoms with van der Waals surface area (Å²) in [6.07, 6.45) is 0. The fraction of sp³-hybridized carbons (Fsp3) is 0.273. The lowest BCUT2D eigenvalue weighted by Crippen LogP contribution is -2.36. The summed E-state index contributed by atoms with van der Waals surface area (Å²) in [5.74, 6) is 0.557. The van der Waals surface area contributed by atoms with Crippen LogP contribution in [-0.2, 0) is 11.8 Å². The molecule has 3 aromatic rings. The first-order valence-corrected chi connectivity index (χ1v) is 10.3. The molecule has 0 spiro atoms. The lowest BCUT2D eigenvalue weighted by atomic mass is 10.1. The third kappa shape index (κ3) is 4.15. The number of aromatic nitrogens is 1. The molecule has 2 aromatic carbocycles. The van der Waals surface area contributed by atoms with Crippen LogP contribution in [0.1, 0.15) is 5.56 Å². The highest BCUT2D eigenvalue weighted by Crippen LogP contribution is 2.31. The second-order valence-corrected chi connectivity index (χ2v) is 7.90. The van der Waals surface area contributed by atoms with E-state index in [0.717, 1.165) is 27.2 Å². The molecule has 0 aliphatic heterocycles. The van der Waals surface area contributed by atoms with Gasteiger partial charge in [0.2, 0.25) is 5.91 Å². The molecule has 0 unspecified atom stereocenters. The molecular formula is C22H26N4O3S. The van der Waals surface area contributed by atoms with Gasteiger partial charge in [0, 0.05) is 60.5 Å². The Morgan fingerprint density at radius 3 is 2.43 bits per heavy atom. The van der Waals surface area contributed by atoms with Crippen molar-refractivity contribution in [3.63, 3.8) is 0 Å². The van der Waals surface area contributed by atoms with Crippen LogP contribution in [0.15, 0.2) is 52.2 Å². The number of nitrogens with zero attached hydrogens (tertiary/aromatic N) is 3. The first kappa shape index (κ1) is 21.7. The van der Waals surface area contributed by atoms with Gasteiger partial charge in [0.15, 0.2) is 0 Å². The molecule has 0 fully saturated rings. The fourth-order valence-electron chi connectivity index (χ4n) is 3.40. The molecule has 0 bridgehead atoms. The normalized spacial score (nSPS) is 10.9. The molecule has 2 N–H and O–H groups in total. The zero-order chi connectivity index (χ0) is 22.0. The van der Waals surface area contributed by atoms with Gasteiger partial charge in [0.05, 0.1) is 19.2 Å². The van der Waals surface area contributed by atoms with E-state index in [1.807, 2.05) is 54.4 Å². The van der Waals surface area contributed by atoms with E-state index in [1.54, 1.807) is 37.6 Å². The summed E-state index contributed by atoms with van der Waals surface area (Å²) >= 11 is 1.17. The Morgan fingerprint density at radius 2 is 1.83 bits per heavy atom. The van der Waals surface area contributed by atoms with Crippen LogP contribution in [0, 0.1) is 6.92 Å². The van der Waals surface area contributed by atoms with Crippen molar-refractivity contribution in [1.29, 1.82) is 0 Å². The van der Waals surface area contributed by atoms with Crippen LogP contribution >= 0.6 is 11.9 Å². The minimum atomic E-state index is -0.0665. The quantitative estimate of drug-likeness (QED) is 0.611. The van der Waals surface area contributed by atoms with Gasteiger partial charge in [-0.25, -0.2) is 0 Å². The number of carbonyl (C=O) groups excluding carboxylic acids is 1. The number of hydrogen-bond acceptors (Lipinski definition) is 6. The minimum absolute atomic E-state index is 0.0562. The second kappa shape index (κ2) is 8.81. The van der Waals surface area contributed by atoms with Crippen molar-refractivity contribution < 1.29 is 9.53 Å². The maximum atomic E-state index is 12.9. The summed E-state index contributed by atoms with van der Waals surface area (Å²) in [5, 5.41) is 6.45. The number of benzene rings is 2. The fourth-order valence-corrected chi connectivity index (χ4v) is 3.69. The molecule has 0 saturated heterocycles. The third-order valence-electron chi connectivity index (χ3n) is 5.23. The molecule has 8 heteroatoms. The molecule has 1 heterocycles. The predicted octanol–water partition coefficient (Wildman–Crippen LogP) is 2.92. The number of carbonyl (C=O) groups is 1. The molecule has 0 saturated carbocycles. The van der Waals surface area contributed by atoms with Gasteiger partial charge in [-0.2, -0.15) is 0 Å². The first-order valence-electron chi connectivity index (χ1n) is 9.39. The van der Waals surface area contributed by atoms with E-state index in [2.05, 4.69) is 0 Å². The van der Waals surface area contributed by atoms with Gasteiger partial charge in [0.1, 0.15) is 5.75 Å². The van der Waals surface area contributed by atoms with Gasteiger partial charge in [0.25, 0.3) is 5.56 Å². The van der Waals surface area contributed by atoms with Crippen molar-refractivity contribution in [1.82, 2.24) is 4.57 Å². The lowest BCUT2D eigenvalue weighted by Gasteiger charge is -2.25. The number of ether oxygens (including phenoxy) is 1. The molecule has 30 heavy (non-hydrogen) atoms. The standard InChI is InChI=1S/C22H26N4O3S/c1-14-10-18-19(11-16(29-5)12-20(18)26(4)22(14)28)24(2)13-21(27)25(3)15-6-8-17(30-23)9-7-15/h6-12H,13,23H2,1-5H3. The maximum Gasteiger partial charge on any atom is 0.253 e. The number of fused-ring (bicyclic) bond motifs is 1. The highest BCUT2D eigenvalue weighted by Gasteiger charge is 2.18. The molecule has 1 aromatic heterocycles. The smallest absolute Gasteiger partial charge is 0.253 e. The summed E-state index contributed by atoms with van der Waals surface area (Å²) in [7, 11) is 6.93. The SMILES string of the molecule is COc1cc(N(C)CC(=O)N(C)c2ccc(SN)cc2)c2cc(C)c(=O)n(C)c2c1. The third-order valence-corrected chi connectivity index (χ3v) is 5.77. The molecule has 0 atom stereocenters. The van der Waals surface area contributed by atoms with Gasteiger partial charge >= 0.3 is 0 Å². The summed E-state index contributed by atoms with van der Waals surface area (Å²) in [6.45, 7) is 1.95. The van der Waals surface area contributed by atoms with E-state index in [1.165, 1.54) is 11.9 Å². The molecule has 158 valence electrons. The summed E-state index contributed by atoms with van der Waals surface area (Å²) in [5.41, 5.74) is 2.95. The van der Waals surface area contributed by atoms with Crippen LogP contribution in [0.5, 0.6) is 5.75 Å². The maximum absolute atomic E-state index is 12.9. The van der Waals surface area contributed by atoms with E-state index in [0.29, 0.717) is 11.3 Å². The Bertz CT molecular complexity index is 1140. The lowest BCUT2D eigenvalue weighted by molar-refractivity contribution is -0.117. The summed E-state index contributed by atoms with van der Waals surface area (Å²) in [4.78, 5) is 29.7. The highest BCUT2D eigenvalue weighted by atomic mass is 32.2. The molecule has 0 radical (unpaired) electrons. The number of likely N-dealkylation sites (N-methyl/N-ethyl adjacent to an activating group) is 2. The van der Waals surface area contributed by atoms with Crippen LogP contribution in [0.3, 0.4) is 0 Å². The Balaban J connectivity index is 1.94. The zero-order valence-corrected chi connectivity index (χ0v) is 18.6. The van der Waals surface area contributed by atoms with Gasteiger partial charge in [-0.15, -0.1) is 0 Å². The number of methoxy groups -OCH3 is 1. The van der Waals surface area contributed by atoms with Crippen LogP contribution in [0.2, 0.25) is 0 Å². The topological polar surface area (TPSA) is 80.8 Å². The monoisotopic (exact) mass is 426 g/mol. The number of nitrogens with two attached hydrogens (primary N) is 1. The molecule has 3 rings (SSSR count). The van der Waals surface area contributed by atoms with Crippen LogP contribution in [0.4, 0.5) is 11.4 Å². The number of aryl methyl sites for hydroxylation is 2. The van der Waals surface area contributed by atoms with Crippen LogP contribution in [0.25, 0.3) is 10.9 Å². The predicted molar refractivity (Wildman–Crippen MR) is 124 cm³/mol. The van der Waals surface area contributed by atoms with E-state index < -0.39 is 0 Å². The average Bonchev–Trinajstić information content (AvgIpc) is 2.76. The molecule has 0 aliphatic carbocycles. The number of pyridine rings is 1. The molecule has 0 aliphatic rings. The van der Waals surface area contributed by atoms with Gasteiger partial charge in [-0.1, -0.05) is 0 Å². The van der Waals surface area contributed by atoms with Crippen molar-refractivity contribution in [3.8, 4) is 5.75 Å². The van der Waals surface area contributed by atoms with E-state index in [4.69, 9.17) is 9.88 Å². The average molecular weight is 427 g/mol. The van der Waals surface area contributed by atoms with Crippen molar-refractivity contribution in [2.45, 2.75) is 11.8 Å². The van der Waals surface area contributed by atoms with Crippen molar-refractivity contribution in [2.75, 3.05) is 37.5 Å². The number of anilines is 2. The highest BCUT2D eigenvalue weighted by molar-refractivity contribution is 7.97. The van der Waals surface area contributed by atoms with Crippen molar-refractivity contribution in [3.05, 3.63) is 58.4 Å². The van der Waals surface area contributed by atoms with Crippen molar-refractivity contribution >= 4 is 40.1 Å².